The zero-order chi connectivity index (χ0) is 5.86. The first-order chi connectivity index (χ1) is 3.18. The summed E-state index contributed by atoms with van der Waals surface area (Å²) in [6, 6.07) is 0. The van der Waals surface area contributed by atoms with Crippen LogP contribution in [0.5, 0.6) is 0 Å². The number of hydrogen-bond donors (Lipinski definition) is 2. The first-order valence-corrected chi connectivity index (χ1v) is 1.76. The SMILES string of the molecule is CC(=O)N(O)CO. The monoisotopic (exact) mass is 105 g/mol. The van der Waals surface area contributed by atoms with Crippen molar-refractivity contribution >= 4 is 5.91 Å². The average Bonchev–Trinajstić information content (AvgIpc) is 1.65. The highest BCUT2D eigenvalue weighted by molar-refractivity contribution is 5.71. The Hall–Kier alpha value is -0.610. The van der Waals surface area contributed by atoms with Crippen LogP contribution in [0.1, 0.15) is 6.92 Å². The third kappa shape index (κ3) is 2.13. The van der Waals surface area contributed by atoms with Crippen molar-refractivity contribution < 1.29 is 15.1 Å². The molecule has 0 aliphatic rings. The topological polar surface area (TPSA) is 60.8 Å². The van der Waals surface area contributed by atoms with Gasteiger partial charge in [-0.25, -0.2) is 0 Å². The van der Waals surface area contributed by atoms with E-state index in [2.05, 4.69) is 0 Å². The predicted molar refractivity (Wildman–Crippen MR) is 21.4 cm³/mol. The van der Waals surface area contributed by atoms with Gasteiger partial charge in [-0.1, -0.05) is 0 Å². The van der Waals surface area contributed by atoms with Crippen molar-refractivity contribution in [3.05, 3.63) is 0 Å². The van der Waals surface area contributed by atoms with Crippen LogP contribution < -0.4 is 0 Å². The van der Waals surface area contributed by atoms with E-state index in [1.807, 2.05) is 0 Å². The van der Waals surface area contributed by atoms with Crippen LogP contribution in [0.4, 0.5) is 0 Å². The molecule has 4 nitrogen and oxygen atoms in total. The molecule has 0 heterocycles. The highest BCUT2D eigenvalue weighted by Gasteiger charge is 1.97. The third-order valence-corrected chi connectivity index (χ3v) is 0.497. The highest BCUT2D eigenvalue weighted by Crippen LogP contribution is 1.75. The molecular formula is C3H7NO3. The molecule has 0 unspecified atom stereocenters. The van der Waals surface area contributed by atoms with Crippen LogP contribution >= 0.6 is 0 Å². The Kier molecular flexibility index (Phi) is 2.32. The molecule has 0 aromatic rings. The zero-order valence-electron chi connectivity index (χ0n) is 3.96. The van der Waals surface area contributed by atoms with Crippen LogP contribution in [0.2, 0.25) is 0 Å². The van der Waals surface area contributed by atoms with Crippen molar-refractivity contribution in [2.75, 3.05) is 6.73 Å². The molecule has 0 fully saturated rings. The van der Waals surface area contributed by atoms with E-state index in [9.17, 15) is 4.79 Å². The molecule has 0 aromatic heterocycles. The molecule has 0 saturated carbocycles. The predicted octanol–water partition coefficient (Wildman–Crippen LogP) is -0.826. The Morgan fingerprint density at radius 3 is 2.29 bits per heavy atom. The third-order valence-electron chi connectivity index (χ3n) is 0.497. The molecular weight excluding hydrogens is 98.0 g/mol. The number of aliphatic hydroxyl groups is 1. The summed E-state index contributed by atoms with van der Waals surface area (Å²) in [5, 5.41) is 16.3. The lowest BCUT2D eigenvalue weighted by atomic mass is 10.7. The lowest BCUT2D eigenvalue weighted by Gasteiger charge is -2.05. The summed E-state index contributed by atoms with van der Waals surface area (Å²) < 4.78 is 0. The smallest absolute Gasteiger partial charge is 0.245 e. The van der Waals surface area contributed by atoms with Gasteiger partial charge >= 0.3 is 0 Å². The quantitative estimate of drug-likeness (QED) is 0.260. The Labute approximate surface area is 40.9 Å². The summed E-state index contributed by atoms with van der Waals surface area (Å²) >= 11 is 0. The van der Waals surface area contributed by atoms with Crippen molar-refractivity contribution in [2.24, 2.45) is 0 Å². The van der Waals surface area contributed by atoms with Crippen molar-refractivity contribution in [2.45, 2.75) is 6.92 Å². The van der Waals surface area contributed by atoms with Crippen LogP contribution in [0.25, 0.3) is 0 Å². The van der Waals surface area contributed by atoms with Gasteiger partial charge < -0.3 is 5.11 Å². The largest absolute Gasteiger partial charge is 0.374 e. The second-order valence-corrected chi connectivity index (χ2v) is 1.06. The molecule has 0 aliphatic carbocycles. The van der Waals surface area contributed by atoms with Gasteiger partial charge in [0.05, 0.1) is 0 Å². The molecule has 0 bridgehead atoms. The van der Waals surface area contributed by atoms with Gasteiger partial charge in [0.25, 0.3) is 0 Å². The minimum atomic E-state index is -0.644. The first kappa shape index (κ1) is 6.39. The van der Waals surface area contributed by atoms with E-state index >= 15 is 0 Å². The maximum atomic E-state index is 9.89. The van der Waals surface area contributed by atoms with E-state index in [4.69, 9.17) is 10.3 Å². The summed E-state index contributed by atoms with van der Waals surface area (Å²) in [5.74, 6) is -0.567. The first-order valence-electron chi connectivity index (χ1n) is 1.76. The number of rotatable bonds is 1. The number of carbonyl (C=O) groups is 1. The van der Waals surface area contributed by atoms with Crippen LogP contribution in [0.3, 0.4) is 0 Å². The summed E-state index contributed by atoms with van der Waals surface area (Å²) in [4.78, 5) is 9.89. The van der Waals surface area contributed by atoms with Crippen LogP contribution in [-0.2, 0) is 4.79 Å². The maximum Gasteiger partial charge on any atom is 0.245 e. The number of hydrogen-bond acceptors (Lipinski definition) is 3. The van der Waals surface area contributed by atoms with Gasteiger partial charge in [-0.05, 0) is 0 Å². The molecule has 0 atom stereocenters. The lowest BCUT2D eigenvalue weighted by Crippen LogP contribution is -2.24. The molecule has 0 saturated heterocycles. The minimum absolute atomic E-state index is 0.208. The van der Waals surface area contributed by atoms with Crippen LogP contribution in [0.15, 0.2) is 0 Å². The fraction of sp³-hybridized carbons (Fsp3) is 0.667. The van der Waals surface area contributed by atoms with Crippen molar-refractivity contribution in [1.29, 1.82) is 0 Å². The molecule has 4 heteroatoms. The second-order valence-electron chi connectivity index (χ2n) is 1.06. The average molecular weight is 105 g/mol. The summed E-state index contributed by atoms with van der Waals surface area (Å²) in [5.41, 5.74) is 0. The van der Waals surface area contributed by atoms with Gasteiger partial charge in [0.15, 0.2) is 0 Å². The summed E-state index contributed by atoms with van der Waals surface area (Å²) in [6.07, 6.45) is 0. The number of aliphatic hydroxyl groups excluding tert-OH is 1. The lowest BCUT2D eigenvalue weighted by molar-refractivity contribution is -0.177. The molecule has 0 radical (unpaired) electrons. The van der Waals surface area contributed by atoms with Crippen molar-refractivity contribution in [1.82, 2.24) is 5.06 Å². The van der Waals surface area contributed by atoms with E-state index < -0.39 is 12.6 Å². The van der Waals surface area contributed by atoms with Gasteiger partial charge in [-0.3, -0.25) is 10.0 Å². The Bertz CT molecular complexity index is 72.6. The Morgan fingerprint density at radius 2 is 2.29 bits per heavy atom. The maximum absolute atomic E-state index is 9.89. The van der Waals surface area contributed by atoms with Crippen LogP contribution in [0, 0.1) is 0 Å². The molecule has 0 aliphatic heterocycles. The standard InChI is InChI=1S/C3H7NO3/c1-3(6)4(7)2-5/h5,7H,2H2,1H3. The van der Waals surface area contributed by atoms with Gasteiger partial charge in [0.2, 0.25) is 5.91 Å². The van der Waals surface area contributed by atoms with E-state index in [1.165, 1.54) is 0 Å². The van der Waals surface area contributed by atoms with E-state index in [0.29, 0.717) is 0 Å². The highest BCUT2D eigenvalue weighted by atomic mass is 16.5. The van der Waals surface area contributed by atoms with Crippen molar-refractivity contribution in [3.63, 3.8) is 0 Å². The minimum Gasteiger partial charge on any atom is -0.374 e. The van der Waals surface area contributed by atoms with Crippen LogP contribution in [-0.4, -0.2) is 28.0 Å². The fourth-order valence-corrected chi connectivity index (χ4v) is 0.0996. The number of nitrogens with zero attached hydrogens (tertiary/aromatic N) is 1. The van der Waals surface area contributed by atoms with Gasteiger partial charge in [-0.15, -0.1) is 0 Å². The number of carbonyl (C=O) groups excluding carboxylic acids is 1. The second kappa shape index (κ2) is 2.54. The molecule has 0 spiro atoms. The normalized spacial score (nSPS) is 8.43. The van der Waals surface area contributed by atoms with E-state index in [-0.39, 0.29) is 5.06 Å². The molecule has 1 amide bonds. The van der Waals surface area contributed by atoms with E-state index in [0.717, 1.165) is 6.92 Å². The van der Waals surface area contributed by atoms with Gasteiger partial charge in [0.1, 0.15) is 6.73 Å². The summed E-state index contributed by atoms with van der Waals surface area (Å²) in [7, 11) is 0. The zero-order valence-corrected chi connectivity index (χ0v) is 3.96. The van der Waals surface area contributed by atoms with Crippen molar-refractivity contribution in [3.8, 4) is 0 Å². The van der Waals surface area contributed by atoms with E-state index in [1.54, 1.807) is 0 Å². The molecule has 2 N–H and O–H groups in total. The molecule has 0 rings (SSSR count). The molecule has 42 valence electrons. The molecule has 0 aromatic carbocycles. The Balaban J connectivity index is 3.34. The fourth-order valence-electron chi connectivity index (χ4n) is 0.0996. The van der Waals surface area contributed by atoms with Gasteiger partial charge in [0, 0.05) is 6.92 Å². The number of hydroxylamine groups is 2. The summed E-state index contributed by atoms with van der Waals surface area (Å²) in [6.45, 7) is 0.506. The Morgan fingerprint density at radius 1 is 1.86 bits per heavy atom. The van der Waals surface area contributed by atoms with Gasteiger partial charge in [-0.2, -0.15) is 5.06 Å². The number of amides is 1. The molecule has 7 heavy (non-hydrogen) atoms.